The molecule has 5 nitrogen and oxygen atoms in total. The van der Waals surface area contributed by atoms with Crippen LogP contribution in [0.4, 0.5) is 0 Å². The molecule has 0 fully saturated rings. The van der Waals surface area contributed by atoms with Crippen molar-refractivity contribution in [3.8, 4) is 11.3 Å². The lowest BCUT2D eigenvalue weighted by atomic mass is 10.0. The number of halogens is 2. The minimum absolute atomic E-state index is 0.0435. The maximum absolute atomic E-state index is 13.2. The van der Waals surface area contributed by atoms with Crippen LogP contribution in [0, 0.1) is 6.92 Å². The van der Waals surface area contributed by atoms with Crippen LogP contribution in [0.1, 0.15) is 40.1 Å². The van der Waals surface area contributed by atoms with E-state index in [1.165, 1.54) is 5.56 Å². The van der Waals surface area contributed by atoms with E-state index in [1.807, 2.05) is 11.8 Å². The fourth-order valence-electron chi connectivity index (χ4n) is 3.74. The van der Waals surface area contributed by atoms with E-state index in [9.17, 15) is 9.90 Å². The first-order chi connectivity index (χ1) is 13.9. The Balaban J connectivity index is 1.70. The molecular weight excluding hydrogens is 454 g/mol. The largest absolute Gasteiger partial charge is 0.392 e. The van der Waals surface area contributed by atoms with Gasteiger partial charge in [0.2, 0.25) is 0 Å². The highest BCUT2D eigenvalue weighted by Crippen LogP contribution is 2.36. The summed E-state index contributed by atoms with van der Waals surface area (Å²) in [6, 6.07) is 13.6. The lowest BCUT2D eigenvalue weighted by molar-refractivity contribution is 0.0651. The van der Waals surface area contributed by atoms with Crippen LogP contribution in [0.5, 0.6) is 0 Å². The van der Waals surface area contributed by atoms with Crippen LogP contribution in [0.15, 0.2) is 46.9 Å². The molecule has 7 heteroatoms. The molecule has 3 aromatic rings. The summed E-state index contributed by atoms with van der Waals surface area (Å²) in [6.07, 6.45) is 0. The second kappa shape index (κ2) is 7.94. The van der Waals surface area contributed by atoms with Crippen LogP contribution in [-0.4, -0.2) is 32.2 Å². The van der Waals surface area contributed by atoms with E-state index in [0.29, 0.717) is 35.1 Å². The van der Waals surface area contributed by atoms with E-state index in [4.69, 9.17) is 11.6 Å². The molecule has 0 aliphatic carbocycles. The van der Waals surface area contributed by atoms with Crippen LogP contribution < -0.4 is 0 Å². The van der Waals surface area contributed by atoms with Crippen molar-refractivity contribution in [2.45, 2.75) is 33.0 Å². The van der Waals surface area contributed by atoms with Crippen molar-refractivity contribution in [1.82, 2.24) is 14.7 Å². The van der Waals surface area contributed by atoms with Crippen LogP contribution in [0.2, 0.25) is 5.02 Å². The number of aliphatic hydroxyl groups excluding tert-OH is 1. The Morgan fingerprint density at radius 2 is 1.97 bits per heavy atom. The molecule has 0 spiro atoms. The van der Waals surface area contributed by atoms with Gasteiger partial charge in [-0.1, -0.05) is 57.4 Å². The van der Waals surface area contributed by atoms with Gasteiger partial charge in [0.1, 0.15) is 5.69 Å². The fourth-order valence-corrected chi connectivity index (χ4v) is 4.82. The predicted octanol–water partition coefficient (Wildman–Crippen LogP) is 4.98. The molecule has 1 aromatic heterocycles. The highest BCUT2D eigenvalue weighted by Gasteiger charge is 2.31. The Morgan fingerprint density at radius 3 is 2.66 bits per heavy atom. The van der Waals surface area contributed by atoms with Crippen molar-refractivity contribution in [1.29, 1.82) is 0 Å². The number of amides is 1. The van der Waals surface area contributed by atoms with Crippen molar-refractivity contribution >= 4 is 33.4 Å². The molecule has 0 radical (unpaired) electrons. The van der Waals surface area contributed by atoms with Gasteiger partial charge in [0.15, 0.2) is 0 Å². The molecular formula is C22H21BrClN3O2. The average Bonchev–Trinajstić information content (AvgIpc) is 3.12. The molecule has 4 rings (SSSR count). The lowest BCUT2D eigenvalue weighted by Gasteiger charge is -2.31. The first-order valence-electron chi connectivity index (χ1n) is 9.41. The van der Waals surface area contributed by atoms with Gasteiger partial charge in [0, 0.05) is 28.1 Å². The number of carbonyl (C=O) groups is 1. The summed E-state index contributed by atoms with van der Waals surface area (Å²) in [5, 5.41) is 15.0. The summed E-state index contributed by atoms with van der Waals surface area (Å²) in [4.78, 5) is 15.0. The molecule has 2 heterocycles. The first kappa shape index (κ1) is 20.1. The molecule has 1 atom stereocenters. The second-order valence-corrected chi connectivity index (χ2v) is 8.75. The Labute approximate surface area is 183 Å². The number of aromatic nitrogens is 2. The first-order valence-corrected chi connectivity index (χ1v) is 10.6. The minimum Gasteiger partial charge on any atom is -0.392 e. The fraction of sp³-hybridized carbons (Fsp3) is 0.273. The number of nitrogens with zero attached hydrogens (tertiary/aromatic N) is 3. The van der Waals surface area contributed by atoms with Crippen molar-refractivity contribution in [3.63, 3.8) is 0 Å². The van der Waals surface area contributed by atoms with E-state index in [1.54, 1.807) is 22.9 Å². The van der Waals surface area contributed by atoms with E-state index >= 15 is 0 Å². The van der Waals surface area contributed by atoms with E-state index < -0.39 is 0 Å². The molecule has 1 aliphatic heterocycles. The quantitative estimate of drug-likeness (QED) is 0.580. The van der Waals surface area contributed by atoms with Crippen LogP contribution in [0.3, 0.4) is 0 Å². The van der Waals surface area contributed by atoms with E-state index in [2.05, 4.69) is 52.2 Å². The molecule has 150 valence electrons. The number of rotatable bonds is 4. The van der Waals surface area contributed by atoms with Crippen LogP contribution >= 0.6 is 27.5 Å². The van der Waals surface area contributed by atoms with Gasteiger partial charge < -0.3 is 10.0 Å². The summed E-state index contributed by atoms with van der Waals surface area (Å²) >= 11 is 9.63. The number of hydrogen-bond donors (Lipinski definition) is 1. The van der Waals surface area contributed by atoms with Crippen molar-refractivity contribution in [2.75, 3.05) is 6.54 Å². The number of fused-ring (bicyclic) bond motifs is 1. The van der Waals surface area contributed by atoms with Crippen molar-refractivity contribution < 1.29 is 9.90 Å². The molecule has 1 amide bonds. The molecule has 1 aliphatic rings. The monoisotopic (exact) mass is 473 g/mol. The zero-order valence-corrected chi connectivity index (χ0v) is 18.5. The number of carbonyl (C=O) groups excluding carboxylic acids is 1. The maximum atomic E-state index is 13.2. The van der Waals surface area contributed by atoms with Crippen molar-refractivity contribution in [2.24, 2.45) is 0 Å². The smallest absolute Gasteiger partial charge is 0.272 e. The minimum atomic E-state index is -0.167. The van der Waals surface area contributed by atoms with Gasteiger partial charge in [-0.05, 0) is 43.2 Å². The molecule has 0 saturated heterocycles. The second-order valence-electron chi connectivity index (χ2n) is 7.46. The molecule has 1 N–H and O–H groups in total. The summed E-state index contributed by atoms with van der Waals surface area (Å²) < 4.78 is 2.52. The molecule has 0 unspecified atom stereocenters. The Hall–Kier alpha value is -2.15. The number of aryl methyl sites for hydroxylation is 1. The highest BCUT2D eigenvalue weighted by molar-refractivity contribution is 9.10. The van der Waals surface area contributed by atoms with Gasteiger partial charge >= 0.3 is 0 Å². The lowest BCUT2D eigenvalue weighted by Crippen LogP contribution is -2.41. The molecule has 0 saturated carbocycles. The van der Waals surface area contributed by atoms with Gasteiger partial charge in [-0.25, -0.2) is 0 Å². The third kappa shape index (κ3) is 3.84. The van der Waals surface area contributed by atoms with Gasteiger partial charge in [0.05, 0.1) is 18.3 Å². The van der Waals surface area contributed by atoms with Gasteiger partial charge in [-0.15, -0.1) is 0 Å². The number of hydrogen-bond acceptors (Lipinski definition) is 3. The Bertz CT molecular complexity index is 1080. The third-order valence-corrected chi connectivity index (χ3v) is 6.05. The van der Waals surface area contributed by atoms with E-state index in [-0.39, 0.29) is 18.6 Å². The summed E-state index contributed by atoms with van der Waals surface area (Å²) in [7, 11) is 0. The number of benzene rings is 2. The van der Waals surface area contributed by atoms with Gasteiger partial charge in [-0.3, -0.25) is 9.48 Å². The summed E-state index contributed by atoms with van der Waals surface area (Å²) in [5.74, 6) is -0.0435. The highest BCUT2D eigenvalue weighted by atomic mass is 79.9. The zero-order chi connectivity index (χ0) is 20.7. The number of aliphatic hydroxyl groups is 1. The zero-order valence-electron chi connectivity index (χ0n) is 16.2. The molecule has 2 aromatic carbocycles. The van der Waals surface area contributed by atoms with Crippen LogP contribution in [0.25, 0.3) is 11.3 Å². The standard InChI is InChI=1S/C22H21BrClN3O2/c1-13-3-5-15(6-4-13)11-26-10-14(2)27-20(22(26)29)9-19(25-27)21-16(12-28)7-17(24)8-18(21)23/h3-9,14,28H,10-12H2,1-2H3/t14-/m0/s1. The summed E-state index contributed by atoms with van der Waals surface area (Å²) in [5.41, 5.74) is 4.91. The van der Waals surface area contributed by atoms with Gasteiger partial charge in [-0.2, -0.15) is 5.10 Å². The predicted molar refractivity (Wildman–Crippen MR) is 117 cm³/mol. The molecule has 29 heavy (non-hydrogen) atoms. The van der Waals surface area contributed by atoms with E-state index in [0.717, 1.165) is 15.6 Å². The SMILES string of the molecule is Cc1ccc(CN2C[C@H](C)n3nc(-c4c(Br)cc(Cl)cc4CO)cc3C2=O)cc1. The topological polar surface area (TPSA) is 58.4 Å². The summed E-state index contributed by atoms with van der Waals surface area (Å²) in [6.45, 7) is 5.10. The third-order valence-electron chi connectivity index (χ3n) is 5.20. The molecule has 0 bridgehead atoms. The Morgan fingerprint density at radius 1 is 1.24 bits per heavy atom. The van der Waals surface area contributed by atoms with Gasteiger partial charge in [0.25, 0.3) is 5.91 Å². The Kier molecular flexibility index (Phi) is 5.51. The average molecular weight is 475 g/mol. The maximum Gasteiger partial charge on any atom is 0.272 e. The normalized spacial score (nSPS) is 16.2. The van der Waals surface area contributed by atoms with Crippen molar-refractivity contribution in [3.05, 3.63) is 74.3 Å². The van der Waals surface area contributed by atoms with Crippen LogP contribution in [-0.2, 0) is 13.2 Å².